The van der Waals surface area contributed by atoms with Crippen LogP contribution in [0.5, 0.6) is 0 Å². The zero-order valence-corrected chi connectivity index (χ0v) is 33.3. The Morgan fingerprint density at radius 2 is 1.28 bits per heavy atom. The van der Waals surface area contributed by atoms with E-state index in [0.29, 0.717) is 29.0 Å². The number of benzene rings is 4. The van der Waals surface area contributed by atoms with E-state index in [9.17, 15) is 27.8 Å². The summed E-state index contributed by atoms with van der Waals surface area (Å²) in [5.41, 5.74) is -2.38. The fourth-order valence-electron chi connectivity index (χ4n) is 7.77. The molecule has 0 bridgehead atoms. The van der Waals surface area contributed by atoms with Gasteiger partial charge in [-0.3, -0.25) is 14.6 Å². The molecule has 2 atom stereocenters. The monoisotopic (exact) mass is 820 g/mol. The molecule has 2 heterocycles. The van der Waals surface area contributed by atoms with Crippen LogP contribution in [0.1, 0.15) is 62.5 Å². The lowest BCUT2D eigenvalue weighted by molar-refractivity contribution is -0.188. The molecule has 1 aliphatic carbocycles. The SMILES string of the molecule is Cc1cc(CCN(C(=O)[C@](O)(c2ccccc2)[C@@](O)(C(=O)N(CCc2ccc(C(F)(F)F)cn2)c2ccc3c(c2)CCC3)c2ccc(F)cc2)c2ccc(C)c(C)c2)on1. The first-order valence-corrected chi connectivity index (χ1v) is 19.6. The highest BCUT2D eigenvalue weighted by molar-refractivity contribution is 6.10. The van der Waals surface area contributed by atoms with Gasteiger partial charge in [-0.2, -0.15) is 13.2 Å². The van der Waals surface area contributed by atoms with Gasteiger partial charge in [0.1, 0.15) is 11.6 Å². The van der Waals surface area contributed by atoms with E-state index in [1.807, 2.05) is 26.0 Å². The number of rotatable bonds is 13. The number of aliphatic hydroxyl groups is 2. The largest absolute Gasteiger partial charge is 0.417 e. The van der Waals surface area contributed by atoms with E-state index >= 15 is 9.59 Å². The molecular weight excluding hydrogens is 777 g/mol. The maximum atomic E-state index is 15.8. The minimum Gasteiger partial charge on any atom is -0.372 e. The molecule has 9 nitrogen and oxygen atoms in total. The third-order valence-electron chi connectivity index (χ3n) is 11.3. The first-order valence-electron chi connectivity index (χ1n) is 19.6. The fourth-order valence-corrected chi connectivity index (χ4v) is 7.77. The molecule has 1 aliphatic rings. The minimum absolute atomic E-state index is 0.0798. The number of hydrogen-bond acceptors (Lipinski definition) is 7. The van der Waals surface area contributed by atoms with Gasteiger partial charge in [0.2, 0.25) is 11.2 Å². The van der Waals surface area contributed by atoms with Crippen LogP contribution in [0.4, 0.5) is 28.9 Å². The van der Waals surface area contributed by atoms with Gasteiger partial charge in [-0.25, -0.2) is 4.39 Å². The molecule has 2 amide bonds. The van der Waals surface area contributed by atoms with Gasteiger partial charge >= 0.3 is 6.18 Å². The van der Waals surface area contributed by atoms with Crippen molar-refractivity contribution in [2.75, 3.05) is 22.9 Å². The van der Waals surface area contributed by atoms with Gasteiger partial charge in [0, 0.05) is 55.3 Å². The van der Waals surface area contributed by atoms with Gasteiger partial charge in [0.15, 0.2) is 0 Å². The van der Waals surface area contributed by atoms with Crippen LogP contribution < -0.4 is 9.80 Å². The van der Waals surface area contributed by atoms with Crippen molar-refractivity contribution in [2.24, 2.45) is 0 Å². The summed E-state index contributed by atoms with van der Waals surface area (Å²) in [5.74, 6) is -2.48. The van der Waals surface area contributed by atoms with Crippen molar-refractivity contribution in [2.45, 2.75) is 70.3 Å². The number of anilines is 2. The molecule has 0 fully saturated rings. The van der Waals surface area contributed by atoms with E-state index in [4.69, 9.17) is 4.52 Å². The van der Waals surface area contributed by atoms with Crippen molar-refractivity contribution in [3.05, 3.63) is 177 Å². The predicted molar refractivity (Wildman–Crippen MR) is 218 cm³/mol. The number of carbonyl (C=O) groups excluding carboxylic acids is 2. The summed E-state index contributed by atoms with van der Waals surface area (Å²) < 4.78 is 60.5. The lowest BCUT2D eigenvalue weighted by Gasteiger charge is -2.46. The second kappa shape index (κ2) is 16.8. The third kappa shape index (κ3) is 8.19. The lowest BCUT2D eigenvalue weighted by Crippen LogP contribution is -2.66. The van der Waals surface area contributed by atoms with E-state index in [-0.39, 0.29) is 42.8 Å². The molecule has 0 saturated carbocycles. The van der Waals surface area contributed by atoms with Gasteiger partial charge in [0.25, 0.3) is 11.8 Å². The van der Waals surface area contributed by atoms with Crippen LogP contribution in [0.15, 0.2) is 120 Å². The lowest BCUT2D eigenvalue weighted by atomic mass is 9.71. The number of carbonyl (C=O) groups is 2. The molecule has 2 aromatic heterocycles. The molecule has 0 spiro atoms. The smallest absolute Gasteiger partial charge is 0.372 e. The van der Waals surface area contributed by atoms with Crippen LogP contribution in [0, 0.1) is 26.6 Å². The van der Waals surface area contributed by atoms with Crippen molar-refractivity contribution in [3.8, 4) is 0 Å². The van der Waals surface area contributed by atoms with Crippen molar-refractivity contribution >= 4 is 23.2 Å². The summed E-state index contributed by atoms with van der Waals surface area (Å²) in [6.07, 6.45) is -1.43. The van der Waals surface area contributed by atoms with Crippen LogP contribution in [-0.2, 0) is 52.7 Å². The molecule has 6 aromatic rings. The Bertz CT molecular complexity index is 2490. The van der Waals surface area contributed by atoms with Crippen molar-refractivity contribution < 1.29 is 41.9 Å². The normalized spacial score (nSPS) is 14.6. The topological polar surface area (TPSA) is 120 Å². The Morgan fingerprint density at radius 3 is 1.88 bits per heavy atom. The summed E-state index contributed by atoms with van der Waals surface area (Å²) in [6.45, 7) is 5.19. The Morgan fingerprint density at radius 1 is 0.683 bits per heavy atom. The van der Waals surface area contributed by atoms with Crippen LogP contribution in [0.25, 0.3) is 0 Å². The maximum absolute atomic E-state index is 15.8. The first-order chi connectivity index (χ1) is 28.6. The highest BCUT2D eigenvalue weighted by Crippen LogP contribution is 2.46. The summed E-state index contributed by atoms with van der Waals surface area (Å²) in [4.78, 5) is 38.0. The van der Waals surface area contributed by atoms with Gasteiger partial charge in [-0.15, -0.1) is 0 Å². The van der Waals surface area contributed by atoms with E-state index in [0.717, 1.165) is 71.8 Å². The zero-order valence-electron chi connectivity index (χ0n) is 33.3. The number of nitrogens with zero attached hydrogens (tertiary/aromatic N) is 4. The summed E-state index contributed by atoms with van der Waals surface area (Å²) in [7, 11) is 0. The van der Waals surface area contributed by atoms with Crippen LogP contribution in [0.2, 0.25) is 0 Å². The number of amides is 2. The second-order valence-corrected chi connectivity index (χ2v) is 15.3. The van der Waals surface area contributed by atoms with Crippen molar-refractivity contribution in [1.29, 1.82) is 0 Å². The number of halogens is 4. The van der Waals surface area contributed by atoms with Gasteiger partial charge in [-0.1, -0.05) is 59.8 Å². The summed E-state index contributed by atoms with van der Waals surface area (Å²) in [6, 6.07) is 26.4. The van der Waals surface area contributed by atoms with Crippen LogP contribution in [0.3, 0.4) is 0 Å². The van der Waals surface area contributed by atoms with Crippen molar-refractivity contribution in [3.63, 3.8) is 0 Å². The zero-order chi connectivity index (χ0) is 42.8. The van der Waals surface area contributed by atoms with Gasteiger partial charge < -0.3 is 24.5 Å². The molecule has 0 radical (unpaired) electrons. The van der Waals surface area contributed by atoms with Gasteiger partial charge in [0.05, 0.1) is 11.3 Å². The number of fused-ring (bicyclic) bond motifs is 1. The predicted octanol–water partition coefficient (Wildman–Crippen LogP) is 8.27. The Hall–Kier alpha value is -6.18. The molecule has 310 valence electrons. The molecule has 0 aliphatic heterocycles. The van der Waals surface area contributed by atoms with Crippen LogP contribution in [-0.4, -0.2) is 45.3 Å². The van der Waals surface area contributed by atoms with E-state index < -0.39 is 40.6 Å². The molecule has 2 N–H and O–H groups in total. The number of aryl methyl sites for hydroxylation is 5. The highest BCUT2D eigenvalue weighted by atomic mass is 19.4. The average molecular weight is 821 g/mol. The molecular formula is C47H44F4N4O5. The minimum atomic E-state index is -4.61. The Labute approximate surface area is 344 Å². The highest BCUT2D eigenvalue weighted by Gasteiger charge is 2.64. The summed E-state index contributed by atoms with van der Waals surface area (Å²) >= 11 is 0. The number of alkyl halides is 3. The Kier molecular flexibility index (Phi) is 11.8. The summed E-state index contributed by atoms with van der Waals surface area (Å²) in [5, 5.41) is 31.0. The first kappa shape index (κ1) is 42.0. The quantitative estimate of drug-likeness (QED) is 0.113. The number of pyridine rings is 1. The van der Waals surface area contributed by atoms with E-state index in [2.05, 4.69) is 10.1 Å². The molecule has 7 rings (SSSR count). The maximum Gasteiger partial charge on any atom is 0.417 e. The van der Waals surface area contributed by atoms with E-state index in [1.54, 1.807) is 55.5 Å². The third-order valence-corrected chi connectivity index (χ3v) is 11.3. The van der Waals surface area contributed by atoms with Gasteiger partial charge in [-0.05, 0) is 122 Å². The van der Waals surface area contributed by atoms with Crippen molar-refractivity contribution in [1.82, 2.24) is 10.1 Å². The van der Waals surface area contributed by atoms with E-state index in [1.165, 1.54) is 28.0 Å². The molecule has 0 saturated heterocycles. The average Bonchev–Trinajstić information content (AvgIpc) is 3.90. The Balaban J connectivity index is 1.41. The molecule has 0 unspecified atom stereocenters. The fraction of sp³-hybridized carbons (Fsp3) is 0.277. The standard InChI is InChI=1S/C47H44F4N4O5/c1-30-12-20-40(26-31(30)2)55(25-23-42-27-32(3)53-60-42)43(56)45(58,35-10-5-4-6-11-35)46(59,36-14-17-38(48)18-15-36)44(57)54(41-21-13-33-8-7-9-34(33)28-41)24-22-39-19-16-37(29-52-39)47(49,50)51/h4-6,10-21,26-29,58-59H,7-9,22-25H2,1-3H3/t45-,46+/m1/s1. The molecule has 4 aromatic carbocycles. The van der Waals surface area contributed by atoms with Crippen LogP contribution >= 0.6 is 0 Å². The molecule has 13 heteroatoms. The number of aromatic nitrogens is 2. The number of hydrogen-bond donors (Lipinski definition) is 2. The second-order valence-electron chi connectivity index (χ2n) is 15.3. The molecule has 60 heavy (non-hydrogen) atoms.